The van der Waals surface area contributed by atoms with E-state index in [1.54, 1.807) is 0 Å². The van der Waals surface area contributed by atoms with E-state index in [1.807, 2.05) is 0 Å². The van der Waals surface area contributed by atoms with E-state index in [0.29, 0.717) is 29.1 Å². The van der Waals surface area contributed by atoms with Crippen LogP contribution in [0.15, 0.2) is 0 Å². The first-order valence-electron chi connectivity index (χ1n) is 14.3. The van der Waals surface area contributed by atoms with Gasteiger partial charge in [-0.05, 0) is 104 Å². The molecular weight excluding hydrogens is 562 g/mol. The molecule has 0 spiro atoms. The Labute approximate surface area is 281 Å². The van der Waals surface area contributed by atoms with Gasteiger partial charge in [-0.15, -0.1) is 0 Å². The maximum absolute atomic E-state index is 11.5. The largest absolute Gasteiger partial charge is 1.00 e. The summed E-state index contributed by atoms with van der Waals surface area (Å²) in [5.41, 5.74) is 0.0138. The van der Waals surface area contributed by atoms with E-state index in [0.717, 1.165) is 37.5 Å². The Morgan fingerprint density at radius 2 is 1.38 bits per heavy atom. The average molecular weight is 609 g/mol. The zero-order valence-electron chi connectivity index (χ0n) is 25.1. The Morgan fingerprint density at radius 1 is 0.795 bits per heavy atom. The summed E-state index contributed by atoms with van der Waals surface area (Å²) in [4.78, 5) is 0. The maximum Gasteiger partial charge on any atom is 1.00 e. The van der Waals surface area contributed by atoms with Gasteiger partial charge in [0.25, 0.3) is 0 Å². The molecule has 0 aromatic carbocycles. The van der Waals surface area contributed by atoms with Crippen LogP contribution in [0.3, 0.4) is 0 Å². The summed E-state index contributed by atoms with van der Waals surface area (Å²) in [6.45, 7) is 11.7. The van der Waals surface area contributed by atoms with Gasteiger partial charge in [0.1, 0.15) is 12.2 Å². The molecule has 0 bridgehead atoms. The molecule has 4 rings (SSSR count). The van der Waals surface area contributed by atoms with Crippen LogP contribution in [0.2, 0.25) is 0 Å². The first kappa shape index (κ1) is 36.9. The van der Waals surface area contributed by atoms with Crippen LogP contribution in [-0.4, -0.2) is 38.1 Å². The molecule has 4 fully saturated rings. The van der Waals surface area contributed by atoms with Crippen LogP contribution in [-0.2, 0) is 29.2 Å². The van der Waals surface area contributed by atoms with E-state index in [2.05, 4.69) is 34.6 Å². The zero-order chi connectivity index (χ0) is 27.4. The fourth-order valence-corrected chi connectivity index (χ4v) is 10.8. The van der Waals surface area contributed by atoms with E-state index in [-0.39, 0.29) is 83.3 Å². The summed E-state index contributed by atoms with van der Waals surface area (Å²) in [5.74, 6) is 3.77. The van der Waals surface area contributed by atoms with Gasteiger partial charge in [0.05, 0.1) is 0 Å². The van der Waals surface area contributed by atoms with Gasteiger partial charge in [0, 0.05) is 0 Å². The summed E-state index contributed by atoms with van der Waals surface area (Å²) in [6.07, 6.45) is 8.37. The minimum Gasteiger partial charge on any atom is -0.726 e. The molecular formula is C27H46Na2O8S2. The number of fused-ring (bicyclic) bond motifs is 5. The second-order valence-corrected chi connectivity index (χ2v) is 15.7. The van der Waals surface area contributed by atoms with E-state index < -0.39 is 33.0 Å². The minimum absolute atomic E-state index is 0. The van der Waals surface area contributed by atoms with Gasteiger partial charge in [0.15, 0.2) is 0 Å². The third-order valence-corrected chi connectivity index (χ3v) is 12.3. The second kappa shape index (κ2) is 13.8. The van der Waals surface area contributed by atoms with Crippen molar-refractivity contribution in [2.75, 3.05) is 0 Å². The fraction of sp³-hybridized carbons (Fsp3) is 1.00. The topological polar surface area (TPSA) is 133 Å². The molecule has 0 N–H and O–H groups in total. The molecule has 10 atom stereocenters. The minimum atomic E-state index is -5.09. The smallest absolute Gasteiger partial charge is 0.726 e. The van der Waals surface area contributed by atoms with Crippen LogP contribution in [0.5, 0.6) is 0 Å². The third kappa shape index (κ3) is 8.27. The Kier molecular flexibility index (Phi) is 13.1. The molecule has 0 heterocycles. The van der Waals surface area contributed by atoms with E-state index in [4.69, 9.17) is 8.37 Å². The average Bonchev–Trinajstić information content (AvgIpc) is 3.09. The number of hydrogen-bond acceptors (Lipinski definition) is 8. The van der Waals surface area contributed by atoms with Gasteiger partial charge in [-0.1, -0.05) is 53.9 Å². The molecule has 0 aromatic rings. The van der Waals surface area contributed by atoms with Gasteiger partial charge >= 0.3 is 59.1 Å². The molecule has 4 saturated carbocycles. The predicted octanol–water partition coefficient (Wildman–Crippen LogP) is -0.584. The molecule has 12 heteroatoms. The predicted molar refractivity (Wildman–Crippen MR) is 138 cm³/mol. The van der Waals surface area contributed by atoms with Crippen molar-refractivity contribution in [3.05, 3.63) is 0 Å². The van der Waals surface area contributed by atoms with Crippen molar-refractivity contribution < 1.29 is 93.4 Å². The van der Waals surface area contributed by atoms with Gasteiger partial charge < -0.3 is 9.11 Å². The Balaban J connectivity index is 0.00000267. The molecule has 0 saturated heterocycles. The van der Waals surface area contributed by atoms with Crippen molar-refractivity contribution in [2.45, 2.75) is 117 Å². The van der Waals surface area contributed by atoms with E-state index in [1.165, 1.54) is 32.1 Å². The first-order valence-corrected chi connectivity index (χ1v) is 17.0. The SMILES string of the molecule is CC(C)CCC[C@@H](C)[C@H]1CCC2C3CC[C@H]4C[C@H](OS(=O)(=O)[O-])[C@@H](OS(=O)(=O)[O-])C[C@]4(C)C3CC[C@@]21C.[Na+].[Na+]. The summed E-state index contributed by atoms with van der Waals surface area (Å²) in [5, 5.41) is 0. The molecule has 4 aliphatic carbocycles. The van der Waals surface area contributed by atoms with Gasteiger partial charge in [-0.2, -0.15) is 0 Å². The van der Waals surface area contributed by atoms with Crippen molar-refractivity contribution in [3.63, 3.8) is 0 Å². The van der Waals surface area contributed by atoms with E-state index in [9.17, 15) is 25.9 Å². The normalized spacial score (nSPS) is 41.0. The van der Waals surface area contributed by atoms with Crippen LogP contribution < -0.4 is 59.1 Å². The molecule has 8 nitrogen and oxygen atoms in total. The first-order chi connectivity index (χ1) is 17.0. The summed E-state index contributed by atoms with van der Waals surface area (Å²) < 4.78 is 78.1. The number of hydrogen-bond donors (Lipinski definition) is 0. The Bertz CT molecular complexity index is 1040. The van der Waals surface area contributed by atoms with Gasteiger partial charge in [-0.3, -0.25) is 8.37 Å². The monoisotopic (exact) mass is 608 g/mol. The molecule has 0 amide bonds. The summed E-state index contributed by atoms with van der Waals surface area (Å²) >= 11 is 0. The molecule has 0 aliphatic heterocycles. The summed E-state index contributed by atoms with van der Waals surface area (Å²) in [6, 6.07) is 0. The fourth-order valence-electron chi connectivity index (χ4n) is 9.76. The van der Waals surface area contributed by atoms with Crippen molar-refractivity contribution in [1.29, 1.82) is 0 Å². The van der Waals surface area contributed by atoms with Crippen molar-refractivity contribution >= 4 is 20.8 Å². The Hall–Kier alpha value is 1.74. The van der Waals surface area contributed by atoms with Gasteiger partial charge in [-0.25, -0.2) is 16.8 Å². The second-order valence-electron chi connectivity index (χ2n) is 13.7. The Morgan fingerprint density at radius 3 is 1.97 bits per heavy atom. The van der Waals surface area contributed by atoms with Crippen LogP contribution in [0.25, 0.3) is 0 Å². The van der Waals surface area contributed by atoms with E-state index >= 15 is 0 Å². The third-order valence-electron chi connectivity index (χ3n) is 11.3. The molecule has 3 unspecified atom stereocenters. The van der Waals surface area contributed by atoms with Crippen molar-refractivity contribution in [1.82, 2.24) is 0 Å². The molecule has 0 aromatic heterocycles. The zero-order valence-corrected chi connectivity index (χ0v) is 30.7. The molecule has 216 valence electrons. The van der Waals surface area contributed by atoms with Crippen LogP contribution in [0, 0.1) is 52.3 Å². The number of rotatable bonds is 9. The molecule has 4 aliphatic rings. The molecule has 39 heavy (non-hydrogen) atoms. The van der Waals surface area contributed by atoms with Crippen LogP contribution in [0.1, 0.15) is 105 Å². The maximum atomic E-state index is 11.5. The standard InChI is InChI=1S/C27H48O8S2.2Na/c1-17(2)7-6-8-18(3)21-11-12-22-20-10-9-19-15-24(34-36(28,29)30)25(35-37(31,32)33)16-27(19,5)23(20)13-14-26(21,22)4;;/h17-25H,6-16H2,1-5H3,(H,28,29,30)(H,31,32,33);;/q;2*+1/p-2/t18-,19+,20?,21-,22?,23?,24+,25+,26-,27+;;/m1../s1. The van der Waals surface area contributed by atoms with Crippen LogP contribution >= 0.6 is 0 Å². The summed E-state index contributed by atoms with van der Waals surface area (Å²) in [7, 11) is -10.2. The van der Waals surface area contributed by atoms with Crippen molar-refractivity contribution in [2.24, 2.45) is 52.3 Å². The van der Waals surface area contributed by atoms with Crippen molar-refractivity contribution in [3.8, 4) is 0 Å². The quantitative estimate of drug-likeness (QED) is 0.193. The van der Waals surface area contributed by atoms with Gasteiger partial charge in [0.2, 0.25) is 20.8 Å². The van der Waals surface area contributed by atoms with Crippen LogP contribution in [0.4, 0.5) is 0 Å². The molecule has 0 radical (unpaired) electrons.